The van der Waals surface area contributed by atoms with Crippen molar-refractivity contribution in [2.75, 3.05) is 4.90 Å². The summed E-state index contributed by atoms with van der Waals surface area (Å²) in [5.74, 6) is 3.60. The molecule has 0 amide bonds. The molecule has 5 nitrogen and oxygen atoms in total. The minimum Gasteiger partial charge on any atom is -0.453 e. The largest absolute Gasteiger partial charge is 0.453 e. The Labute approximate surface area is 246 Å². The van der Waals surface area contributed by atoms with Crippen LogP contribution in [0.25, 0.3) is 28.3 Å². The van der Waals surface area contributed by atoms with Crippen LogP contribution in [0.5, 0.6) is 11.5 Å². The zero-order valence-corrected chi connectivity index (χ0v) is 23.4. The van der Waals surface area contributed by atoms with Crippen molar-refractivity contribution in [3.8, 4) is 34.3 Å². The zero-order valence-electron chi connectivity index (χ0n) is 23.4. The fourth-order valence-electron chi connectivity index (χ4n) is 4.82. The normalized spacial score (nSPS) is 13.0. The summed E-state index contributed by atoms with van der Waals surface area (Å²) in [6.07, 6.45) is 13.0. The maximum atomic E-state index is 6.17. The molecule has 0 N–H and O–H groups in total. The van der Waals surface area contributed by atoms with E-state index in [0.717, 1.165) is 51.7 Å². The second-order valence-electron chi connectivity index (χ2n) is 9.69. The number of anilines is 3. The van der Waals surface area contributed by atoms with Gasteiger partial charge in [-0.2, -0.15) is 0 Å². The molecule has 2 aliphatic rings. The van der Waals surface area contributed by atoms with Crippen LogP contribution in [0.1, 0.15) is 19.2 Å². The molecule has 4 aromatic carbocycles. The number of fused-ring (bicyclic) bond motifs is 2. The first-order valence-corrected chi connectivity index (χ1v) is 13.9. The first kappa shape index (κ1) is 26.7. The second kappa shape index (κ2) is 12.3. The number of hydrogen-bond donors (Lipinski definition) is 0. The first-order chi connectivity index (χ1) is 20.7. The van der Waals surface area contributed by atoms with Crippen molar-refractivity contribution in [2.24, 2.45) is 0 Å². The molecule has 2 heterocycles. The SMILES string of the molecule is C1=CCC=CC(c2nc(-c3ccccc3)nc(-c3ccc(N4c5ccccc5Oc5ccccc54)cc3)n2)=C1.C=CC. The molecule has 0 fully saturated rings. The van der Waals surface area contributed by atoms with E-state index in [1.54, 1.807) is 6.08 Å². The molecule has 0 unspecified atom stereocenters. The molecule has 42 heavy (non-hydrogen) atoms. The van der Waals surface area contributed by atoms with Gasteiger partial charge in [-0.25, -0.2) is 15.0 Å². The number of aromatic nitrogens is 3. The summed E-state index contributed by atoms with van der Waals surface area (Å²) in [5.41, 5.74) is 5.86. The molecule has 5 aromatic rings. The number of rotatable bonds is 4. The van der Waals surface area contributed by atoms with Gasteiger partial charge in [-0.15, -0.1) is 6.58 Å². The minimum absolute atomic E-state index is 0.635. The monoisotopic (exact) mass is 546 g/mol. The molecule has 204 valence electrons. The van der Waals surface area contributed by atoms with Crippen molar-refractivity contribution in [1.82, 2.24) is 15.0 Å². The van der Waals surface area contributed by atoms with Crippen LogP contribution >= 0.6 is 0 Å². The van der Waals surface area contributed by atoms with Gasteiger partial charge in [0.25, 0.3) is 0 Å². The molecule has 0 radical (unpaired) electrons. The maximum Gasteiger partial charge on any atom is 0.164 e. The van der Waals surface area contributed by atoms with Gasteiger partial charge in [0.05, 0.1) is 11.4 Å². The fraction of sp³-hybridized carbons (Fsp3) is 0.0541. The van der Waals surface area contributed by atoms with Gasteiger partial charge in [0.1, 0.15) is 0 Å². The summed E-state index contributed by atoms with van der Waals surface area (Å²) in [5, 5.41) is 0. The lowest BCUT2D eigenvalue weighted by Gasteiger charge is -2.32. The van der Waals surface area contributed by atoms with Gasteiger partial charge in [0, 0.05) is 22.4 Å². The number of allylic oxidation sites excluding steroid dienone is 7. The highest BCUT2D eigenvalue weighted by atomic mass is 16.5. The Hall–Kier alpha value is -5.55. The molecular weight excluding hydrogens is 516 g/mol. The Morgan fingerprint density at radius 2 is 1.21 bits per heavy atom. The van der Waals surface area contributed by atoms with Gasteiger partial charge in [0.15, 0.2) is 29.0 Å². The predicted octanol–water partition coefficient (Wildman–Crippen LogP) is 9.87. The van der Waals surface area contributed by atoms with E-state index in [1.165, 1.54) is 0 Å². The summed E-state index contributed by atoms with van der Waals surface area (Å²) in [7, 11) is 0. The summed E-state index contributed by atoms with van der Waals surface area (Å²) in [4.78, 5) is 16.8. The predicted molar refractivity (Wildman–Crippen MR) is 172 cm³/mol. The van der Waals surface area contributed by atoms with Gasteiger partial charge < -0.3 is 9.64 Å². The fourth-order valence-corrected chi connectivity index (χ4v) is 4.82. The average Bonchev–Trinajstić information content (AvgIpc) is 3.34. The molecule has 7 rings (SSSR count). The van der Waals surface area contributed by atoms with E-state index in [-0.39, 0.29) is 0 Å². The molecule has 1 aliphatic carbocycles. The first-order valence-electron chi connectivity index (χ1n) is 13.9. The molecule has 0 saturated heterocycles. The van der Waals surface area contributed by atoms with Gasteiger partial charge in [-0.1, -0.05) is 91.1 Å². The van der Waals surface area contributed by atoms with E-state index in [2.05, 4.69) is 66.1 Å². The molecule has 1 aromatic heterocycles. The van der Waals surface area contributed by atoms with Crippen LogP contribution in [0.2, 0.25) is 0 Å². The van der Waals surface area contributed by atoms with Crippen molar-refractivity contribution in [1.29, 1.82) is 0 Å². The maximum absolute atomic E-state index is 6.17. The quantitative estimate of drug-likeness (QED) is 0.206. The van der Waals surface area contributed by atoms with Crippen LogP contribution in [0.3, 0.4) is 0 Å². The lowest BCUT2D eigenvalue weighted by Crippen LogP contribution is -2.15. The lowest BCUT2D eigenvalue weighted by atomic mass is 10.1. The third-order valence-electron chi connectivity index (χ3n) is 6.72. The molecule has 1 aliphatic heterocycles. The van der Waals surface area contributed by atoms with E-state index in [9.17, 15) is 0 Å². The number of ether oxygens (including phenoxy) is 1. The van der Waals surface area contributed by atoms with E-state index in [0.29, 0.717) is 17.5 Å². The zero-order chi connectivity index (χ0) is 28.7. The Kier molecular flexibility index (Phi) is 7.82. The number of nitrogens with zero attached hydrogens (tertiary/aromatic N) is 4. The minimum atomic E-state index is 0.635. The molecule has 0 bridgehead atoms. The Bertz CT molecular complexity index is 1760. The van der Waals surface area contributed by atoms with Crippen molar-refractivity contribution in [3.63, 3.8) is 0 Å². The van der Waals surface area contributed by atoms with Crippen LogP contribution in [-0.4, -0.2) is 15.0 Å². The molecule has 5 heteroatoms. The van der Waals surface area contributed by atoms with E-state index in [1.807, 2.05) is 85.8 Å². The number of benzene rings is 4. The van der Waals surface area contributed by atoms with Gasteiger partial charge in [0.2, 0.25) is 0 Å². The van der Waals surface area contributed by atoms with Gasteiger partial charge in [-0.3, -0.25) is 0 Å². The van der Waals surface area contributed by atoms with Crippen LogP contribution in [0.15, 0.2) is 146 Å². The summed E-state index contributed by atoms with van der Waals surface area (Å²) in [6.45, 7) is 5.25. The summed E-state index contributed by atoms with van der Waals surface area (Å²) < 4.78 is 6.17. The van der Waals surface area contributed by atoms with Crippen molar-refractivity contribution in [3.05, 3.63) is 152 Å². The number of para-hydroxylation sites is 4. The standard InChI is InChI=1S/C34H24N4O.C3H6/c1-2-5-13-24(12-4-1)32-35-33(25-14-6-3-7-15-25)37-34(36-32)26-20-22-27(23-21-26)38-28-16-8-10-18-30(28)39-31-19-11-9-17-29(31)38;1-3-2/h1,3-23H,2H2;3H,1H2,2H3. The van der Waals surface area contributed by atoms with Crippen LogP contribution in [-0.2, 0) is 0 Å². The Balaban J connectivity index is 0.00000101. The topological polar surface area (TPSA) is 51.1 Å². The molecule has 0 spiro atoms. The van der Waals surface area contributed by atoms with Crippen molar-refractivity contribution >= 4 is 22.6 Å². The summed E-state index contributed by atoms with van der Waals surface area (Å²) in [6, 6.07) is 34.6. The number of hydrogen-bond acceptors (Lipinski definition) is 5. The highest BCUT2D eigenvalue weighted by Crippen LogP contribution is 2.50. The third-order valence-corrected chi connectivity index (χ3v) is 6.72. The van der Waals surface area contributed by atoms with Crippen LogP contribution in [0, 0.1) is 0 Å². The van der Waals surface area contributed by atoms with Crippen LogP contribution < -0.4 is 9.64 Å². The van der Waals surface area contributed by atoms with E-state index in [4.69, 9.17) is 19.7 Å². The highest BCUT2D eigenvalue weighted by molar-refractivity contribution is 5.86. The smallest absolute Gasteiger partial charge is 0.164 e. The van der Waals surface area contributed by atoms with E-state index < -0.39 is 0 Å². The van der Waals surface area contributed by atoms with Crippen molar-refractivity contribution < 1.29 is 4.74 Å². The van der Waals surface area contributed by atoms with E-state index >= 15 is 0 Å². The van der Waals surface area contributed by atoms with Crippen LogP contribution in [0.4, 0.5) is 17.1 Å². The molecule has 0 saturated carbocycles. The second-order valence-corrected chi connectivity index (χ2v) is 9.69. The average molecular weight is 547 g/mol. The Morgan fingerprint density at radius 1 is 0.667 bits per heavy atom. The lowest BCUT2D eigenvalue weighted by molar-refractivity contribution is 0.477. The van der Waals surface area contributed by atoms with Gasteiger partial charge in [-0.05, 0) is 61.9 Å². The molecular formula is C37H30N4O. The van der Waals surface area contributed by atoms with Gasteiger partial charge >= 0.3 is 0 Å². The summed E-state index contributed by atoms with van der Waals surface area (Å²) >= 11 is 0. The highest BCUT2D eigenvalue weighted by Gasteiger charge is 2.25. The third kappa shape index (κ3) is 5.54. The van der Waals surface area contributed by atoms with Crippen molar-refractivity contribution in [2.45, 2.75) is 13.3 Å². The molecule has 0 atom stereocenters. The Morgan fingerprint density at radius 3 is 1.86 bits per heavy atom.